The zero-order valence-corrected chi connectivity index (χ0v) is 20.8. The first-order valence-electron chi connectivity index (χ1n) is 12.1. The van der Waals surface area contributed by atoms with Crippen molar-refractivity contribution in [3.05, 3.63) is 46.3 Å². The molecule has 0 saturated carbocycles. The Kier molecular flexibility index (Phi) is 7.31. The molecule has 0 aliphatic heterocycles. The van der Waals surface area contributed by atoms with Gasteiger partial charge in [0.25, 0.3) is 0 Å². The minimum absolute atomic E-state index is 0.0859. The Hall–Kier alpha value is -1.98. The summed E-state index contributed by atoms with van der Waals surface area (Å²) in [5, 5.41) is 27.6. The number of hydrogen-bond donors (Lipinski definition) is 3. The normalized spacial score (nSPS) is 24.8. The van der Waals surface area contributed by atoms with E-state index in [0.717, 1.165) is 42.5 Å². The molecule has 0 radical (unpaired) electrons. The van der Waals surface area contributed by atoms with Crippen LogP contribution in [0.15, 0.2) is 46.3 Å². The molecule has 0 unspecified atom stereocenters. The van der Waals surface area contributed by atoms with Gasteiger partial charge < -0.3 is 9.84 Å². The number of allylic oxidation sites excluding steroid dienone is 7. The Morgan fingerprint density at radius 2 is 1.84 bits per heavy atom. The third kappa shape index (κ3) is 4.17. The van der Waals surface area contributed by atoms with Gasteiger partial charge in [-0.2, -0.15) is 0 Å². The largest absolute Gasteiger partial charge is 0.490 e. The Labute approximate surface area is 193 Å². The maximum absolute atomic E-state index is 9.34. The molecule has 3 N–H and O–H groups in total. The first-order valence-corrected chi connectivity index (χ1v) is 12.1. The Bertz CT molecular complexity index is 898. The molecule has 0 aromatic carbocycles. The number of rotatable bonds is 9. The summed E-state index contributed by atoms with van der Waals surface area (Å²) in [6, 6.07) is 0. The van der Waals surface area contributed by atoms with E-state index in [0.29, 0.717) is 36.9 Å². The van der Waals surface area contributed by atoms with Crippen LogP contribution in [-0.4, -0.2) is 54.3 Å². The predicted octanol–water partition coefficient (Wildman–Crippen LogP) is 5.29. The van der Waals surface area contributed by atoms with Crippen molar-refractivity contribution in [2.45, 2.75) is 60.8 Å². The highest BCUT2D eigenvalue weighted by Crippen LogP contribution is 2.57. The second-order valence-corrected chi connectivity index (χ2v) is 10.4. The first-order chi connectivity index (χ1) is 15.1. The summed E-state index contributed by atoms with van der Waals surface area (Å²) in [7, 11) is 0. The molecule has 3 aliphatic rings. The average Bonchev–Trinajstić information content (AvgIpc) is 2.71. The monoisotopic (exact) mass is 439 g/mol. The van der Waals surface area contributed by atoms with Gasteiger partial charge in [0.05, 0.1) is 12.3 Å². The smallest absolute Gasteiger partial charge is 0.150 e. The van der Waals surface area contributed by atoms with E-state index in [1.165, 1.54) is 5.57 Å². The lowest BCUT2D eigenvalue weighted by Gasteiger charge is -2.50. The summed E-state index contributed by atoms with van der Waals surface area (Å²) in [6.45, 7) is 16.0. The van der Waals surface area contributed by atoms with Crippen LogP contribution in [0.2, 0.25) is 0 Å². The van der Waals surface area contributed by atoms with Crippen molar-refractivity contribution in [2.75, 3.05) is 32.8 Å². The van der Waals surface area contributed by atoms with Gasteiger partial charge in [-0.3, -0.25) is 15.7 Å². The number of nitrogens with zero attached hydrogens (tertiary/aromatic N) is 1. The van der Waals surface area contributed by atoms with Gasteiger partial charge in [0.15, 0.2) is 0 Å². The molecule has 0 bridgehead atoms. The number of hydrogen-bond acceptors (Lipinski definition) is 5. The van der Waals surface area contributed by atoms with Crippen molar-refractivity contribution < 1.29 is 9.84 Å². The van der Waals surface area contributed by atoms with Crippen LogP contribution >= 0.6 is 0 Å². The molecule has 176 valence electrons. The van der Waals surface area contributed by atoms with Crippen molar-refractivity contribution >= 4 is 11.4 Å². The van der Waals surface area contributed by atoms with Gasteiger partial charge >= 0.3 is 0 Å². The van der Waals surface area contributed by atoms with Crippen LogP contribution in [0.5, 0.6) is 0 Å². The minimum atomic E-state index is -0.157. The number of aliphatic hydroxyl groups is 1. The molecule has 32 heavy (non-hydrogen) atoms. The maximum Gasteiger partial charge on any atom is 0.150 e. The van der Waals surface area contributed by atoms with E-state index in [1.807, 2.05) is 0 Å². The highest BCUT2D eigenvalue weighted by atomic mass is 16.5. The van der Waals surface area contributed by atoms with E-state index in [1.54, 1.807) is 0 Å². The van der Waals surface area contributed by atoms with Crippen LogP contribution < -0.4 is 0 Å². The molecular formula is C27H41N3O2. The lowest BCUT2D eigenvalue weighted by Crippen LogP contribution is -2.42. The zero-order valence-electron chi connectivity index (χ0n) is 20.8. The van der Waals surface area contributed by atoms with Crippen molar-refractivity contribution in [1.29, 1.82) is 10.8 Å². The lowest BCUT2D eigenvalue weighted by molar-refractivity contribution is 0.143. The molecule has 0 saturated heterocycles. The summed E-state index contributed by atoms with van der Waals surface area (Å²) in [6.07, 6.45) is 9.76. The van der Waals surface area contributed by atoms with Gasteiger partial charge in [0.1, 0.15) is 18.1 Å². The molecular weight excluding hydrogens is 398 g/mol. The Balaban J connectivity index is 1.94. The molecule has 0 amide bonds. The topological polar surface area (TPSA) is 80.4 Å². The standard InChI is InChI=1S/C27H41N3O2/c1-7-13-30(14-16-31)15-17-32-25-21(18(2)3)23(28)19-10-12-27(6)20(22(19)24(25)29)9-8-11-26(27,4)5/h9-10,12,18,28-29,31H,7-8,11,13-17H2,1-6H3/t27-/m0/s1. The second kappa shape index (κ2) is 9.48. The zero-order chi connectivity index (χ0) is 23.7. The van der Waals surface area contributed by atoms with Gasteiger partial charge in [-0.1, -0.05) is 59.8 Å². The summed E-state index contributed by atoms with van der Waals surface area (Å²) < 4.78 is 6.28. The van der Waals surface area contributed by atoms with Gasteiger partial charge in [-0.25, -0.2) is 0 Å². The highest BCUT2D eigenvalue weighted by molar-refractivity contribution is 6.29. The number of fused-ring (bicyclic) bond motifs is 2. The van der Waals surface area contributed by atoms with Crippen molar-refractivity contribution in [3.63, 3.8) is 0 Å². The minimum Gasteiger partial charge on any atom is -0.490 e. The van der Waals surface area contributed by atoms with E-state index in [4.69, 9.17) is 10.1 Å². The first kappa shape index (κ1) is 24.7. The van der Waals surface area contributed by atoms with E-state index in [-0.39, 0.29) is 23.4 Å². The van der Waals surface area contributed by atoms with Crippen LogP contribution in [0.4, 0.5) is 0 Å². The van der Waals surface area contributed by atoms with E-state index >= 15 is 0 Å². The van der Waals surface area contributed by atoms with E-state index in [9.17, 15) is 10.5 Å². The molecule has 0 fully saturated rings. The SMILES string of the molecule is CCCN(CCO)CCOC1=C(C(C)C)C(=N)C2=C(C1=N)C1=CCCC(C)(C)[C@@]1(C)C=C2. The summed E-state index contributed by atoms with van der Waals surface area (Å²) in [4.78, 5) is 2.19. The fraction of sp³-hybridized carbons (Fsp3) is 0.630. The number of ether oxygens (including phenoxy) is 1. The molecule has 1 atom stereocenters. The van der Waals surface area contributed by atoms with Crippen LogP contribution in [0.1, 0.15) is 60.8 Å². The molecule has 0 aromatic heterocycles. The third-order valence-electron chi connectivity index (χ3n) is 7.65. The average molecular weight is 440 g/mol. The molecule has 5 heteroatoms. The van der Waals surface area contributed by atoms with E-state index < -0.39 is 0 Å². The second-order valence-electron chi connectivity index (χ2n) is 10.4. The van der Waals surface area contributed by atoms with Crippen molar-refractivity contribution in [3.8, 4) is 0 Å². The highest BCUT2D eigenvalue weighted by Gasteiger charge is 2.49. The molecule has 3 aliphatic carbocycles. The quantitative estimate of drug-likeness (QED) is 0.427. The summed E-state index contributed by atoms with van der Waals surface area (Å²) >= 11 is 0. The predicted molar refractivity (Wildman–Crippen MR) is 132 cm³/mol. The van der Waals surface area contributed by atoms with Crippen molar-refractivity contribution in [1.82, 2.24) is 4.90 Å². The van der Waals surface area contributed by atoms with Crippen molar-refractivity contribution in [2.24, 2.45) is 16.7 Å². The molecule has 5 nitrogen and oxygen atoms in total. The van der Waals surface area contributed by atoms with Crippen LogP contribution in [0.3, 0.4) is 0 Å². The van der Waals surface area contributed by atoms with Gasteiger partial charge in [0.2, 0.25) is 0 Å². The van der Waals surface area contributed by atoms with Crippen LogP contribution in [0, 0.1) is 27.6 Å². The van der Waals surface area contributed by atoms with Crippen LogP contribution in [-0.2, 0) is 4.74 Å². The summed E-state index contributed by atoms with van der Waals surface area (Å²) in [5.41, 5.74) is 4.58. The molecule has 0 spiro atoms. The third-order valence-corrected chi connectivity index (χ3v) is 7.65. The molecule has 3 rings (SSSR count). The number of aliphatic hydroxyl groups excluding tert-OH is 1. The Morgan fingerprint density at radius 1 is 1.12 bits per heavy atom. The summed E-state index contributed by atoms with van der Waals surface area (Å²) in [5.74, 6) is 0.653. The van der Waals surface area contributed by atoms with Gasteiger partial charge in [-0.05, 0) is 42.7 Å². The Morgan fingerprint density at radius 3 is 2.47 bits per heavy atom. The molecule has 0 aromatic rings. The fourth-order valence-electron chi connectivity index (χ4n) is 5.32. The van der Waals surface area contributed by atoms with Gasteiger partial charge in [0, 0.05) is 35.2 Å². The van der Waals surface area contributed by atoms with E-state index in [2.05, 4.69) is 64.7 Å². The number of nitrogens with one attached hydrogen (secondary N) is 2. The van der Waals surface area contributed by atoms with Gasteiger partial charge in [-0.15, -0.1) is 0 Å². The van der Waals surface area contributed by atoms with Crippen LogP contribution in [0.25, 0.3) is 0 Å². The lowest BCUT2D eigenvalue weighted by atomic mass is 9.53. The fourth-order valence-corrected chi connectivity index (χ4v) is 5.32. The molecule has 0 heterocycles. The maximum atomic E-state index is 9.34.